The van der Waals surface area contributed by atoms with Crippen LogP contribution in [0, 0.1) is 0 Å². The van der Waals surface area contributed by atoms with E-state index in [-0.39, 0.29) is 0 Å². The molecular weight excluding hydrogens is 400 g/mol. The number of carbonyl (C=O) groups excluding carboxylic acids is 2. The Morgan fingerprint density at radius 1 is 1.08 bits per heavy atom. The second kappa shape index (κ2) is 6.74. The van der Waals surface area contributed by atoms with Gasteiger partial charge in [0.05, 0.1) is 17.9 Å². The predicted octanol–water partition coefficient (Wildman–Crippen LogP) is 2.84. The van der Waals surface area contributed by atoms with Crippen molar-refractivity contribution in [3.05, 3.63) is 52.0 Å². The average Bonchev–Trinajstić information content (AvgIpc) is 2.86. The molecule has 0 fully saturated rings. The molecule has 7 heteroatoms. The van der Waals surface area contributed by atoms with E-state index in [9.17, 15) is 9.59 Å². The Balaban J connectivity index is 1.56. The molecule has 0 bridgehead atoms. The first kappa shape index (κ1) is 17.1. The summed E-state index contributed by atoms with van der Waals surface area (Å²) in [6, 6.07) is 11.3. The van der Waals surface area contributed by atoms with Crippen LogP contribution in [0.4, 0.5) is 5.69 Å². The Labute approximate surface area is 159 Å². The fourth-order valence-electron chi connectivity index (χ4n) is 3.16. The Morgan fingerprint density at radius 3 is 2.42 bits per heavy atom. The minimum atomic E-state index is -0.523. The van der Waals surface area contributed by atoms with Crippen molar-refractivity contribution in [2.24, 2.45) is 0 Å². The third-order valence-electron chi connectivity index (χ3n) is 4.38. The zero-order valence-electron chi connectivity index (χ0n) is 14.2. The summed E-state index contributed by atoms with van der Waals surface area (Å²) in [4.78, 5) is 28.3. The molecule has 1 amide bonds. The van der Waals surface area contributed by atoms with Gasteiger partial charge in [-0.3, -0.25) is 19.4 Å². The van der Waals surface area contributed by atoms with Gasteiger partial charge in [0.15, 0.2) is 11.5 Å². The van der Waals surface area contributed by atoms with Crippen LogP contribution in [0.25, 0.3) is 0 Å². The molecule has 0 radical (unpaired) electrons. The first-order valence-corrected chi connectivity index (χ1v) is 9.05. The number of nitrogens with zero attached hydrogens (tertiary/aromatic N) is 2. The van der Waals surface area contributed by atoms with Crippen LogP contribution in [0.3, 0.4) is 0 Å². The monoisotopic (exact) mass is 416 g/mol. The first-order chi connectivity index (χ1) is 12.5. The second-order valence-corrected chi connectivity index (χ2v) is 7.27. The molecule has 26 heavy (non-hydrogen) atoms. The molecule has 134 valence electrons. The van der Waals surface area contributed by atoms with Crippen LogP contribution in [0.1, 0.15) is 15.9 Å². The molecule has 2 aromatic rings. The van der Waals surface area contributed by atoms with Gasteiger partial charge in [-0.25, -0.2) is 0 Å². The molecule has 0 saturated carbocycles. The van der Waals surface area contributed by atoms with E-state index in [2.05, 4.69) is 15.9 Å². The van der Waals surface area contributed by atoms with Crippen LogP contribution in [-0.4, -0.2) is 43.5 Å². The number of ether oxygens (including phenoxy) is 2. The second-order valence-electron chi connectivity index (χ2n) is 6.36. The molecule has 0 aliphatic carbocycles. The van der Waals surface area contributed by atoms with Gasteiger partial charge in [0.1, 0.15) is 13.2 Å². The lowest BCUT2D eigenvalue weighted by atomic mass is 10.1. The molecule has 6 nitrogen and oxygen atoms in total. The number of hydrogen-bond acceptors (Lipinski definition) is 5. The average molecular weight is 417 g/mol. The molecule has 2 aliphatic rings. The van der Waals surface area contributed by atoms with Crippen molar-refractivity contribution in [3.8, 4) is 11.5 Å². The largest absolute Gasteiger partial charge is 0.486 e. The van der Waals surface area contributed by atoms with Crippen molar-refractivity contribution in [2.45, 2.75) is 6.54 Å². The maximum Gasteiger partial charge on any atom is 0.300 e. The number of hydrogen-bond donors (Lipinski definition) is 0. The van der Waals surface area contributed by atoms with Crippen LogP contribution >= 0.6 is 15.9 Å². The van der Waals surface area contributed by atoms with E-state index in [0.29, 0.717) is 49.2 Å². The summed E-state index contributed by atoms with van der Waals surface area (Å²) < 4.78 is 12.1. The number of benzene rings is 2. The lowest BCUT2D eigenvalue weighted by molar-refractivity contribution is -0.114. The van der Waals surface area contributed by atoms with E-state index in [1.165, 1.54) is 4.90 Å². The molecule has 0 saturated heterocycles. The van der Waals surface area contributed by atoms with Gasteiger partial charge in [0.2, 0.25) is 0 Å². The Morgan fingerprint density at radius 2 is 1.73 bits per heavy atom. The molecule has 4 rings (SSSR count). The van der Waals surface area contributed by atoms with Crippen LogP contribution in [0.2, 0.25) is 0 Å². The van der Waals surface area contributed by atoms with E-state index < -0.39 is 11.7 Å². The van der Waals surface area contributed by atoms with Crippen LogP contribution in [-0.2, 0) is 11.3 Å². The molecule has 2 aromatic carbocycles. The SMILES string of the molecule is CN(Cc1ccc(Br)cc1)CN1C(=O)C(=O)c2cc3c(cc21)OCCO3. The normalized spacial score (nSPS) is 15.6. The lowest BCUT2D eigenvalue weighted by Gasteiger charge is -2.25. The highest BCUT2D eigenvalue weighted by molar-refractivity contribution is 9.10. The van der Waals surface area contributed by atoms with E-state index in [0.717, 1.165) is 10.0 Å². The van der Waals surface area contributed by atoms with Crippen molar-refractivity contribution in [1.82, 2.24) is 4.90 Å². The third kappa shape index (κ3) is 3.08. The third-order valence-corrected chi connectivity index (χ3v) is 4.91. The van der Waals surface area contributed by atoms with Crippen molar-refractivity contribution in [3.63, 3.8) is 0 Å². The summed E-state index contributed by atoms with van der Waals surface area (Å²) in [5.74, 6) is 0.0540. The first-order valence-electron chi connectivity index (χ1n) is 8.26. The summed E-state index contributed by atoms with van der Waals surface area (Å²) >= 11 is 3.42. The maximum absolute atomic E-state index is 12.5. The molecule has 0 aromatic heterocycles. The van der Waals surface area contributed by atoms with Gasteiger partial charge in [0, 0.05) is 17.1 Å². The van der Waals surface area contributed by atoms with Gasteiger partial charge in [0.25, 0.3) is 5.78 Å². The predicted molar refractivity (Wildman–Crippen MR) is 99.7 cm³/mol. The Bertz CT molecular complexity index is 882. The summed E-state index contributed by atoms with van der Waals surface area (Å²) in [7, 11) is 1.91. The van der Waals surface area contributed by atoms with Gasteiger partial charge < -0.3 is 9.47 Å². The molecule has 0 atom stereocenters. The Kier molecular flexibility index (Phi) is 4.42. The molecular formula is C19H17BrN2O4. The topological polar surface area (TPSA) is 59.1 Å². The minimum Gasteiger partial charge on any atom is -0.486 e. The molecule has 0 unspecified atom stereocenters. The van der Waals surface area contributed by atoms with Gasteiger partial charge >= 0.3 is 5.91 Å². The van der Waals surface area contributed by atoms with Crippen molar-refractivity contribution in [2.75, 3.05) is 31.8 Å². The van der Waals surface area contributed by atoms with Crippen LogP contribution < -0.4 is 14.4 Å². The van der Waals surface area contributed by atoms with Crippen molar-refractivity contribution < 1.29 is 19.1 Å². The highest BCUT2D eigenvalue weighted by Gasteiger charge is 2.38. The van der Waals surface area contributed by atoms with Crippen molar-refractivity contribution >= 4 is 33.3 Å². The summed E-state index contributed by atoms with van der Waals surface area (Å²) in [6.07, 6.45) is 0. The van der Waals surface area contributed by atoms with Crippen molar-refractivity contribution in [1.29, 1.82) is 0 Å². The van der Waals surface area contributed by atoms with Gasteiger partial charge in [-0.05, 0) is 30.8 Å². The zero-order valence-corrected chi connectivity index (χ0v) is 15.8. The lowest BCUT2D eigenvalue weighted by Crippen LogP contribution is -2.38. The van der Waals surface area contributed by atoms with E-state index in [1.54, 1.807) is 12.1 Å². The summed E-state index contributed by atoms with van der Waals surface area (Å²) in [6.45, 7) is 1.86. The molecule has 0 spiro atoms. The number of Topliss-reactive ketones (excluding diaryl/α,β-unsaturated/α-hetero) is 1. The summed E-state index contributed by atoms with van der Waals surface area (Å²) in [5.41, 5.74) is 2.07. The Hall–Kier alpha value is -2.38. The van der Waals surface area contributed by atoms with Crippen LogP contribution in [0.15, 0.2) is 40.9 Å². The summed E-state index contributed by atoms with van der Waals surface area (Å²) in [5, 5.41) is 0. The van der Waals surface area contributed by atoms with Gasteiger partial charge in [-0.1, -0.05) is 28.1 Å². The molecule has 2 heterocycles. The molecule has 2 aliphatic heterocycles. The highest BCUT2D eigenvalue weighted by Crippen LogP contribution is 2.40. The standard InChI is InChI=1S/C19H17BrN2O4/c1-21(10-12-2-4-13(20)5-3-12)11-22-15-9-17-16(25-6-7-26-17)8-14(15)18(23)19(22)24/h2-5,8-9H,6-7,10-11H2,1H3. The molecule has 0 N–H and O–H groups in total. The number of amides is 1. The van der Waals surface area contributed by atoms with Crippen LogP contribution in [0.5, 0.6) is 11.5 Å². The quantitative estimate of drug-likeness (QED) is 0.717. The number of anilines is 1. The number of rotatable bonds is 4. The number of fused-ring (bicyclic) bond motifs is 2. The van der Waals surface area contributed by atoms with Gasteiger partial charge in [-0.15, -0.1) is 0 Å². The maximum atomic E-state index is 12.5. The van der Waals surface area contributed by atoms with E-state index in [1.807, 2.05) is 36.2 Å². The fraction of sp³-hybridized carbons (Fsp3) is 0.263. The smallest absolute Gasteiger partial charge is 0.300 e. The minimum absolute atomic E-state index is 0.313. The fourth-order valence-corrected chi connectivity index (χ4v) is 3.43. The zero-order chi connectivity index (χ0) is 18.3. The van der Waals surface area contributed by atoms with E-state index >= 15 is 0 Å². The number of ketones is 1. The highest BCUT2D eigenvalue weighted by atomic mass is 79.9. The van der Waals surface area contributed by atoms with E-state index in [4.69, 9.17) is 9.47 Å². The number of carbonyl (C=O) groups is 2. The van der Waals surface area contributed by atoms with Gasteiger partial charge in [-0.2, -0.15) is 0 Å². The number of halogens is 1.